The highest BCUT2D eigenvalue weighted by molar-refractivity contribution is 5.89. The minimum Gasteiger partial charge on any atom is -0.379 e. The highest BCUT2D eigenvalue weighted by Gasteiger charge is 2.29. The first-order chi connectivity index (χ1) is 10.1. The summed E-state index contributed by atoms with van der Waals surface area (Å²) >= 11 is 0. The van der Waals surface area contributed by atoms with Gasteiger partial charge in [-0.2, -0.15) is 0 Å². The Hall–Kier alpha value is -1.14. The Morgan fingerprint density at radius 2 is 2.14 bits per heavy atom. The molecule has 0 bridgehead atoms. The number of morpholine rings is 1. The maximum absolute atomic E-state index is 12.1. The van der Waals surface area contributed by atoms with Crippen molar-refractivity contribution in [2.75, 3.05) is 39.4 Å². The summed E-state index contributed by atoms with van der Waals surface area (Å²) < 4.78 is 5.40. The average Bonchev–Trinajstić information content (AvgIpc) is 2.90. The minimum atomic E-state index is -0.207. The zero-order chi connectivity index (χ0) is 15.2. The van der Waals surface area contributed by atoms with Crippen molar-refractivity contribution in [2.24, 2.45) is 11.8 Å². The fourth-order valence-corrected chi connectivity index (χ4v) is 3.00. The van der Waals surface area contributed by atoms with Crippen LogP contribution in [0.5, 0.6) is 0 Å². The van der Waals surface area contributed by atoms with Gasteiger partial charge in [-0.05, 0) is 12.3 Å². The summed E-state index contributed by atoms with van der Waals surface area (Å²) in [7, 11) is 0. The zero-order valence-electron chi connectivity index (χ0n) is 13.1. The lowest BCUT2D eigenvalue weighted by Crippen LogP contribution is -2.50. The third-order valence-corrected chi connectivity index (χ3v) is 4.17. The van der Waals surface area contributed by atoms with Crippen LogP contribution in [0.4, 0.5) is 0 Å². The summed E-state index contributed by atoms with van der Waals surface area (Å²) in [5, 5.41) is 5.74. The van der Waals surface area contributed by atoms with Gasteiger partial charge in [0.25, 0.3) is 0 Å². The Balaban J connectivity index is 1.82. The second-order valence-corrected chi connectivity index (χ2v) is 6.38. The van der Waals surface area contributed by atoms with Gasteiger partial charge in [0.15, 0.2) is 0 Å². The van der Waals surface area contributed by atoms with E-state index in [0.717, 1.165) is 32.7 Å². The van der Waals surface area contributed by atoms with Gasteiger partial charge in [-0.25, -0.2) is 0 Å². The van der Waals surface area contributed by atoms with E-state index in [1.807, 2.05) is 0 Å². The number of rotatable bonds is 6. The van der Waals surface area contributed by atoms with Crippen molar-refractivity contribution in [3.63, 3.8) is 0 Å². The van der Waals surface area contributed by atoms with Crippen molar-refractivity contribution in [3.8, 4) is 0 Å². The van der Waals surface area contributed by atoms with Crippen LogP contribution in [0.3, 0.4) is 0 Å². The van der Waals surface area contributed by atoms with Crippen LogP contribution < -0.4 is 10.6 Å². The predicted octanol–water partition coefficient (Wildman–Crippen LogP) is -0.0144. The minimum absolute atomic E-state index is 0.00429. The maximum atomic E-state index is 12.1. The van der Waals surface area contributed by atoms with E-state index in [-0.39, 0.29) is 17.7 Å². The number of amides is 2. The van der Waals surface area contributed by atoms with Gasteiger partial charge in [0, 0.05) is 38.6 Å². The van der Waals surface area contributed by atoms with Crippen molar-refractivity contribution in [2.45, 2.75) is 32.7 Å². The molecule has 2 saturated heterocycles. The molecule has 0 radical (unpaired) electrons. The Bertz CT molecular complexity index is 367. The number of carbonyl (C=O) groups is 2. The van der Waals surface area contributed by atoms with Crippen LogP contribution in [-0.4, -0.2) is 62.1 Å². The maximum Gasteiger partial charge on any atom is 0.225 e. The van der Waals surface area contributed by atoms with Crippen LogP contribution in [0.1, 0.15) is 26.7 Å². The number of nitrogens with one attached hydrogen (secondary N) is 2. The van der Waals surface area contributed by atoms with Crippen LogP contribution in [0.2, 0.25) is 0 Å². The first kappa shape index (κ1) is 16.2. The largest absolute Gasteiger partial charge is 0.379 e. The van der Waals surface area contributed by atoms with Crippen LogP contribution >= 0.6 is 0 Å². The van der Waals surface area contributed by atoms with Gasteiger partial charge in [0.2, 0.25) is 11.8 Å². The lowest BCUT2D eigenvalue weighted by atomic mass is 10.0. The van der Waals surface area contributed by atoms with Gasteiger partial charge in [-0.15, -0.1) is 0 Å². The normalized spacial score (nSPS) is 24.9. The monoisotopic (exact) mass is 297 g/mol. The molecule has 0 aliphatic carbocycles. The highest BCUT2D eigenvalue weighted by Crippen LogP contribution is 2.14. The molecule has 0 aromatic heterocycles. The third kappa shape index (κ3) is 4.97. The molecule has 6 nitrogen and oxygen atoms in total. The molecule has 2 unspecified atom stereocenters. The molecule has 0 saturated carbocycles. The van der Waals surface area contributed by atoms with Crippen molar-refractivity contribution < 1.29 is 14.3 Å². The molecule has 2 heterocycles. The molecule has 21 heavy (non-hydrogen) atoms. The fourth-order valence-electron chi connectivity index (χ4n) is 3.00. The van der Waals surface area contributed by atoms with Gasteiger partial charge < -0.3 is 15.4 Å². The van der Waals surface area contributed by atoms with Crippen molar-refractivity contribution in [3.05, 3.63) is 0 Å². The molecule has 0 spiro atoms. The Morgan fingerprint density at radius 1 is 1.43 bits per heavy atom. The summed E-state index contributed by atoms with van der Waals surface area (Å²) in [6.45, 7) is 8.92. The van der Waals surface area contributed by atoms with E-state index in [2.05, 4.69) is 29.4 Å². The molecule has 2 atom stereocenters. The van der Waals surface area contributed by atoms with Crippen molar-refractivity contribution in [1.29, 1.82) is 0 Å². The zero-order valence-corrected chi connectivity index (χ0v) is 13.1. The summed E-state index contributed by atoms with van der Waals surface area (Å²) in [4.78, 5) is 25.7. The van der Waals surface area contributed by atoms with Crippen molar-refractivity contribution in [1.82, 2.24) is 15.5 Å². The summed E-state index contributed by atoms with van der Waals surface area (Å²) in [6, 6.07) is 0.350. The molecule has 2 fully saturated rings. The second kappa shape index (κ2) is 7.75. The SMILES string of the molecule is CC(C)CC(CNC(=O)C1CNC(=O)C1)N1CCOCC1. The smallest absolute Gasteiger partial charge is 0.225 e. The number of ether oxygens (including phenoxy) is 1. The molecular formula is C15H27N3O3. The van der Waals surface area contributed by atoms with E-state index in [1.165, 1.54) is 0 Å². The summed E-state index contributed by atoms with van der Waals surface area (Å²) in [5.41, 5.74) is 0. The summed E-state index contributed by atoms with van der Waals surface area (Å²) in [6.07, 6.45) is 1.38. The number of nitrogens with zero attached hydrogens (tertiary/aromatic N) is 1. The predicted molar refractivity (Wildman–Crippen MR) is 79.8 cm³/mol. The van der Waals surface area contributed by atoms with Crippen molar-refractivity contribution >= 4 is 11.8 Å². The molecule has 0 aromatic rings. The molecule has 120 valence electrons. The molecule has 2 rings (SSSR count). The van der Waals surface area contributed by atoms with Gasteiger partial charge in [-0.3, -0.25) is 14.5 Å². The fraction of sp³-hybridized carbons (Fsp3) is 0.867. The number of hydrogen-bond acceptors (Lipinski definition) is 4. The molecule has 2 amide bonds. The summed E-state index contributed by atoms with van der Waals surface area (Å²) in [5.74, 6) is 0.351. The van der Waals surface area contributed by atoms with E-state index in [1.54, 1.807) is 0 Å². The van der Waals surface area contributed by atoms with E-state index < -0.39 is 0 Å². The van der Waals surface area contributed by atoms with Gasteiger partial charge >= 0.3 is 0 Å². The molecule has 0 aromatic carbocycles. The molecule has 2 aliphatic rings. The average molecular weight is 297 g/mol. The molecule has 2 aliphatic heterocycles. The van der Waals surface area contributed by atoms with E-state index >= 15 is 0 Å². The second-order valence-electron chi connectivity index (χ2n) is 6.38. The topological polar surface area (TPSA) is 70.7 Å². The lowest BCUT2D eigenvalue weighted by molar-refractivity contribution is -0.126. The Labute approximate surface area is 126 Å². The Kier molecular flexibility index (Phi) is 5.99. The standard InChI is InChI=1S/C15H27N3O3/c1-11(2)7-13(18-3-5-21-6-4-18)10-17-15(20)12-8-14(19)16-9-12/h11-13H,3-10H2,1-2H3,(H,16,19)(H,17,20). The lowest BCUT2D eigenvalue weighted by Gasteiger charge is -2.35. The first-order valence-corrected chi connectivity index (χ1v) is 7.92. The Morgan fingerprint density at radius 3 is 2.71 bits per heavy atom. The van der Waals surface area contributed by atoms with Crippen LogP contribution in [-0.2, 0) is 14.3 Å². The quantitative estimate of drug-likeness (QED) is 0.723. The third-order valence-electron chi connectivity index (χ3n) is 4.17. The molecule has 2 N–H and O–H groups in total. The first-order valence-electron chi connectivity index (χ1n) is 7.92. The van der Waals surface area contributed by atoms with Crippen LogP contribution in [0, 0.1) is 11.8 Å². The molecular weight excluding hydrogens is 270 g/mol. The van der Waals surface area contributed by atoms with Gasteiger partial charge in [0.05, 0.1) is 19.1 Å². The number of hydrogen-bond donors (Lipinski definition) is 2. The van der Waals surface area contributed by atoms with Crippen LogP contribution in [0.15, 0.2) is 0 Å². The number of carbonyl (C=O) groups excluding carboxylic acids is 2. The van der Waals surface area contributed by atoms with E-state index in [0.29, 0.717) is 31.5 Å². The van der Waals surface area contributed by atoms with Crippen LogP contribution in [0.25, 0.3) is 0 Å². The molecule has 6 heteroatoms. The van der Waals surface area contributed by atoms with Gasteiger partial charge in [-0.1, -0.05) is 13.8 Å². The van der Waals surface area contributed by atoms with E-state index in [4.69, 9.17) is 4.74 Å². The van der Waals surface area contributed by atoms with Gasteiger partial charge in [0.1, 0.15) is 0 Å². The van der Waals surface area contributed by atoms with E-state index in [9.17, 15) is 9.59 Å². The highest BCUT2D eigenvalue weighted by atomic mass is 16.5.